The largest absolute Gasteiger partial charge is 0.414 e. The second-order valence-corrected chi connectivity index (χ2v) is 7.04. The minimum absolute atomic E-state index is 0.0105. The van der Waals surface area contributed by atoms with E-state index in [2.05, 4.69) is 13.8 Å². The van der Waals surface area contributed by atoms with Crippen LogP contribution in [0.25, 0.3) is 0 Å². The molecule has 0 radical (unpaired) electrons. The van der Waals surface area contributed by atoms with Gasteiger partial charge in [0.05, 0.1) is 5.75 Å². The van der Waals surface area contributed by atoms with Crippen molar-refractivity contribution in [1.29, 1.82) is 0 Å². The molecule has 1 aliphatic heterocycles. The maximum Gasteiger partial charge on any atom is 0.414 e. The summed E-state index contributed by atoms with van der Waals surface area (Å²) >= 11 is 1.57. The summed E-state index contributed by atoms with van der Waals surface area (Å²) in [5.41, 5.74) is 0. The van der Waals surface area contributed by atoms with Crippen molar-refractivity contribution >= 4 is 17.7 Å². The number of hydrogen-bond acceptors (Lipinski definition) is 3. The lowest BCUT2D eigenvalue weighted by Crippen LogP contribution is -2.45. The molecule has 7 heteroatoms. The van der Waals surface area contributed by atoms with E-state index in [1.807, 2.05) is 0 Å². The van der Waals surface area contributed by atoms with Gasteiger partial charge in [0.15, 0.2) is 6.10 Å². The first-order valence-electron chi connectivity index (χ1n) is 7.32. The van der Waals surface area contributed by atoms with Gasteiger partial charge in [-0.25, -0.2) is 0 Å². The number of aliphatic hydroxyl groups is 1. The average Bonchev–Trinajstić information content (AvgIpc) is 2.41. The number of alkyl halides is 3. The third kappa shape index (κ3) is 6.46. The number of amides is 1. The molecular weight excluding hydrogens is 303 g/mol. The zero-order valence-electron chi connectivity index (χ0n) is 12.5. The molecule has 0 aromatic rings. The van der Waals surface area contributed by atoms with E-state index in [9.17, 15) is 23.1 Å². The summed E-state index contributed by atoms with van der Waals surface area (Å²) < 4.78 is 37.3. The van der Waals surface area contributed by atoms with Gasteiger partial charge in [-0.1, -0.05) is 13.8 Å². The number of nitrogens with zero attached hydrogens (tertiary/aromatic N) is 1. The molecule has 3 nitrogen and oxygen atoms in total. The van der Waals surface area contributed by atoms with Gasteiger partial charge in [0, 0.05) is 13.1 Å². The van der Waals surface area contributed by atoms with Crippen LogP contribution in [0.1, 0.15) is 33.1 Å². The first kappa shape index (κ1) is 18.6. The van der Waals surface area contributed by atoms with E-state index in [1.54, 1.807) is 16.7 Å². The zero-order valence-corrected chi connectivity index (χ0v) is 13.3. The molecule has 21 heavy (non-hydrogen) atoms. The predicted molar refractivity (Wildman–Crippen MR) is 78.1 cm³/mol. The van der Waals surface area contributed by atoms with Crippen LogP contribution in [-0.4, -0.2) is 52.8 Å². The van der Waals surface area contributed by atoms with Crippen LogP contribution >= 0.6 is 11.8 Å². The number of thioether (sulfide) groups is 1. The molecule has 0 aromatic carbocycles. The number of hydrogen-bond donors (Lipinski definition) is 1. The number of carbonyl (C=O) groups excluding carboxylic acids is 1. The van der Waals surface area contributed by atoms with Crippen LogP contribution in [0.4, 0.5) is 13.2 Å². The Kier molecular flexibility index (Phi) is 7.33. The van der Waals surface area contributed by atoms with E-state index in [0.717, 1.165) is 12.2 Å². The summed E-state index contributed by atoms with van der Waals surface area (Å²) in [4.78, 5) is 13.5. The van der Waals surface area contributed by atoms with Crippen molar-refractivity contribution < 1.29 is 23.1 Å². The van der Waals surface area contributed by atoms with Crippen LogP contribution in [0.2, 0.25) is 0 Å². The standard InChI is InChI=1S/C14H24F3NO2S/c1-10(2)5-8-21-9-12(19)18-6-3-11(4-7-18)13(20)14(15,16)17/h10-11,13,20H,3-9H2,1-2H3. The fraction of sp³-hybridized carbons (Fsp3) is 0.929. The van der Waals surface area contributed by atoms with Crippen LogP contribution in [0.15, 0.2) is 0 Å². The van der Waals surface area contributed by atoms with Gasteiger partial charge in [0.2, 0.25) is 5.91 Å². The molecule has 0 spiro atoms. The van der Waals surface area contributed by atoms with E-state index in [-0.39, 0.29) is 18.7 Å². The SMILES string of the molecule is CC(C)CCSCC(=O)N1CCC(C(O)C(F)(F)F)CC1. The van der Waals surface area contributed by atoms with Gasteiger partial charge in [-0.05, 0) is 36.9 Å². The molecule has 0 saturated carbocycles. The van der Waals surface area contributed by atoms with Gasteiger partial charge in [0.1, 0.15) is 0 Å². The monoisotopic (exact) mass is 327 g/mol. The molecule has 1 rings (SSSR count). The molecule has 1 N–H and O–H groups in total. The van der Waals surface area contributed by atoms with Gasteiger partial charge in [-0.2, -0.15) is 24.9 Å². The third-order valence-corrected chi connectivity index (χ3v) is 4.71. The predicted octanol–water partition coefficient (Wildman–Crippen LogP) is 2.93. The maximum atomic E-state index is 12.4. The van der Waals surface area contributed by atoms with Crippen molar-refractivity contribution in [3.63, 3.8) is 0 Å². The van der Waals surface area contributed by atoms with Crippen molar-refractivity contribution in [3.05, 3.63) is 0 Å². The lowest BCUT2D eigenvalue weighted by Gasteiger charge is -2.34. The zero-order chi connectivity index (χ0) is 16.0. The smallest absolute Gasteiger partial charge is 0.383 e. The number of piperidine rings is 1. The summed E-state index contributed by atoms with van der Waals surface area (Å²) in [6, 6.07) is 0. The molecule has 1 unspecified atom stereocenters. The molecule has 1 aliphatic rings. The van der Waals surface area contributed by atoms with Crippen LogP contribution in [-0.2, 0) is 4.79 Å². The number of carbonyl (C=O) groups is 1. The Morgan fingerprint density at radius 3 is 2.38 bits per heavy atom. The van der Waals surface area contributed by atoms with Crippen LogP contribution < -0.4 is 0 Å². The van der Waals surface area contributed by atoms with Gasteiger partial charge in [0.25, 0.3) is 0 Å². The second kappa shape index (κ2) is 8.27. The quantitative estimate of drug-likeness (QED) is 0.763. The van der Waals surface area contributed by atoms with E-state index in [4.69, 9.17) is 0 Å². The topological polar surface area (TPSA) is 40.5 Å². The van der Waals surface area contributed by atoms with Crippen LogP contribution in [0, 0.1) is 11.8 Å². The number of rotatable bonds is 6. The first-order valence-corrected chi connectivity index (χ1v) is 8.47. The van der Waals surface area contributed by atoms with E-state index < -0.39 is 18.2 Å². The van der Waals surface area contributed by atoms with Gasteiger partial charge in [-0.15, -0.1) is 0 Å². The molecule has 124 valence electrons. The third-order valence-electron chi connectivity index (χ3n) is 3.74. The lowest BCUT2D eigenvalue weighted by molar-refractivity contribution is -0.222. The molecular formula is C14H24F3NO2S. The Morgan fingerprint density at radius 1 is 1.33 bits per heavy atom. The Morgan fingerprint density at radius 2 is 1.90 bits per heavy atom. The molecule has 1 fully saturated rings. The fourth-order valence-electron chi connectivity index (χ4n) is 2.30. The highest BCUT2D eigenvalue weighted by atomic mass is 32.2. The van der Waals surface area contributed by atoms with Gasteiger partial charge in [-0.3, -0.25) is 4.79 Å². The Balaban J connectivity index is 2.27. The summed E-state index contributed by atoms with van der Waals surface area (Å²) in [6.07, 6.45) is -5.36. The lowest BCUT2D eigenvalue weighted by atomic mass is 9.91. The fourth-order valence-corrected chi connectivity index (χ4v) is 3.44. The van der Waals surface area contributed by atoms with Crippen molar-refractivity contribution in [2.24, 2.45) is 11.8 Å². The molecule has 1 atom stereocenters. The highest BCUT2D eigenvalue weighted by molar-refractivity contribution is 7.99. The van der Waals surface area contributed by atoms with E-state index in [0.29, 0.717) is 24.8 Å². The van der Waals surface area contributed by atoms with Crippen molar-refractivity contribution in [1.82, 2.24) is 4.90 Å². The van der Waals surface area contributed by atoms with Crippen LogP contribution in [0.3, 0.4) is 0 Å². The Hall–Kier alpha value is -0.430. The van der Waals surface area contributed by atoms with E-state index in [1.165, 1.54) is 0 Å². The summed E-state index contributed by atoms with van der Waals surface area (Å²) in [7, 11) is 0. The number of halogens is 3. The first-order chi connectivity index (χ1) is 9.71. The van der Waals surface area contributed by atoms with Crippen molar-refractivity contribution in [2.45, 2.75) is 45.4 Å². The van der Waals surface area contributed by atoms with Gasteiger partial charge < -0.3 is 10.0 Å². The molecule has 1 amide bonds. The summed E-state index contributed by atoms with van der Waals surface area (Å²) in [5.74, 6) is 1.12. The maximum absolute atomic E-state index is 12.4. The highest BCUT2D eigenvalue weighted by Crippen LogP contribution is 2.31. The summed E-state index contributed by atoms with van der Waals surface area (Å²) in [5, 5.41) is 9.23. The Bertz CT molecular complexity index is 329. The van der Waals surface area contributed by atoms with E-state index >= 15 is 0 Å². The van der Waals surface area contributed by atoms with Crippen molar-refractivity contribution in [2.75, 3.05) is 24.6 Å². The highest BCUT2D eigenvalue weighted by Gasteiger charge is 2.44. The minimum atomic E-state index is -4.57. The Labute approximate surface area is 128 Å². The van der Waals surface area contributed by atoms with Crippen LogP contribution in [0.5, 0.6) is 0 Å². The average molecular weight is 327 g/mol. The molecule has 1 saturated heterocycles. The van der Waals surface area contributed by atoms with Crippen molar-refractivity contribution in [3.8, 4) is 0 Å². The van der Waals surface area contributed by atoms with Gasteiger partial charge >= 0.3 is 6.18 Å². The normalized spacial score (nSPS) is 19.1. The second-order valence-electron chi connectivity index (χ2n) is 5.94. The molecule has 0 aromatic heterocycles. The molecule has 0 bridgehead atoms. The number of aliphatic hydroxyl groups excluding tert-OH is 1. The minimum Gasteiger partial charge on any atom is -0.383 e. The number of likely N-dealkylation sites (tertiary alicyclic amines) is 1. The summed E-state index contributed by atoms with van der Waals surface area (Å²) in [6.45, 7) is 4.86. The molecule has 0 aliphatic carbocycles. The molecule has 1 heterocycles.